The minimum Gasteiger partial charge on any atom is -0.448 e. The van der Waals surface area contributed by atoms with E-state index in [0.29, 0.717) is 51.6 Å². The van der Waals surface area contributed by atoms with Gasteiger partial charge in [-0.2, -0.15) is 26.3 Å². The first kappa shape index (κ1) is 51.7. The maximum Gasteiger partial charge on any atom is 0.416 e. The first-order chi connectivity index (χ1) is 31.8. The summed E-state index contributed by atoms with van der Waals surface area (Å²) in [4.78, 5) is 36.3. The zero-order chi connectivity index (χ0) is 48.7. The molecule has 5 aromatic rings. The van der Waals surface area contributed by atoms with Crippen LogP contribution >= 0.6 is 11.6 Å². The summed E-state index contributed by atoms with van der Waals surface area (Å²) >= 11 is 5.96. The summed E-state index contributed by atoms with van der Waals surface area (Å²) in [5.74, 6) is -2.78. The van der Waals surface area contributed by atoms with E-state index in [1.54, 1.807) is 78.1 Å². The maximum absolute atomic E-state index is 15.1. The Morgan fingerprint density at radius 3 is 2.15 bits per heavy atom. The van der Waals surface area contributed by atoms with Crippen LogP contribution in [-0.4, -0.2) is 74.6 Å². The molecule has 0 radical (unpaired) electrons. The monoisotopic (exact) mass is 962 g/mol. The van der Waals surface area contributed by atoms with Crippen LogP contribution in [0.4, 0.5) is 51.3 Å². The summed E-state index contributed by atoms with van der Waals surface area (Å²) < 4.78 is 115. The molecule has 8 N–H and O–H groups in total. The number of anilines is 2. The van der Waals surface area contributed by atoms with Gasteiger partial charge in [0, 0.05) is 40.8 Å². The molecule has 5 atom stereocenters. The van der Waals surface area contributed by atoms with E-state index in [-0.39, 0.29) is 32.2 Å². The number of hydrogen-bond donors (Lipinski definition) is 6. The van der Waals surface area contributed by atoms with Crippen molar-refractivity contribution < 1.29 is 59.0 Å². The highest BCUT2D eigenvalue weighted by molar-refractivity contribution is 6.30. The number of morpholine rings is 1. The lowest BCUT2D eigenvalue weighted by Crippen LogP contribution is -2.49. The van der Waals surface area contributed by atoms with Gasteiger partial charge < -0.3 is 42.2 Å². The minimum absolute atomic E-state index is 0.129. The minimum atomic E-state index is -4.54. The first-order valence-electron chi connectivity index (χ1n) is 20.7. The zero-order valence-electron chi connectivity index (χ0n) is 35.5. The Bertz CT molecular complexity index is 2390. The molecular weight excluding hydrogens is 916 g/mol. The molecule has 0 spiro atoms. The Labute approximate surface area is 385 Å². The van der Waals surface area contributed by atoms with Gasteiger partial charge in [-0.25, -0.2) is 13.6 Å². The molecule has 11 nitrogen and oxygen atoms in total. The molecule has 0 bridgehead atoms. The highest BCUT2D eigenvalue weighted by Crippen LogP contribution is 2.34. The van der Waals surface area contributed by atoms with Gasteiger partial charge in [0.1, 0.15) is 30.8 Å². The molecule has 0 aliphatic carbocycles. The molecule has 20 heteroatoms. The Morgan fingerprint density at radius 1 is 0.851 bits per heavy atom. The van der Waals surface area contributed by atoms with E-state index in [1.165, 1.54) is 36.4 Å². The first-order valence-corrected chi connectivity index (χ1v) is 21.1. The third kappa shape index (κ3) is 16.5. The van der Waals surface area contributed by atoms with Crippen molar-refractivity contribution in [3.05, 3.63) is 166 Å². The normalized spacial score (nSPS) is 16.3. The van der Waals surface area contributed by atoms with E-state index in [2.05, 4.69) is 16.0 Å². The summed E-state index contributed by atoms with van der Waals surface area (Å²) in [6.45, 7) is -1.21. The second kappa shape index (κ2) is 24.0. The predicted molar refractivity (Wildman–Crippen MR) is 236 cm³/mol. The number of ether oxygens (including phenoxy) is 2. The number of benzene rings is 5. The van der Waals surface area contributed by atoms with Gasteiger partial charge in [0.2, 0.25) is 11.8 Å². The van der Waals surface area contributed by atoms with Gasteiger partial charge in [-0.05, 0) is 84.1 Å². The molecule has 6 rings (SSSR count). The van der Waals surface area contributed by atoms with Gasteiger partial charge in [0.05, 0.1) is 30.4 Å². The number of rotatable bonds is 16. The summed E-state index contributed by atoms with van der Waals surface area (Å²) in [5.41, 5.74) is 13.2. The average Bonchev–Trinajstić information content (AvgIpc) is 3.29. The number of halogens is 9. The molecule has 0 unspecified atom stereocenters. The Kier molecular flexibility index (Phi) is 18.5. The maximum atomic E-state index is 15.1. The van der Waals surface area contributed by atoms with Crippen LogP contribution in [0.2, 0.25) is 5.02 Å². The van der Waals surface area contributed by atoms with Gasteiger partial charge in [-0.3, -0.25) is 9.59 Å². The number of nitrogens with one attached hydrogen (secondary N) is 4. The van der Waals surface area contributed by atoms with Crippen LogP contribution in [-0.2, 0) is 38.1 Å². The lowest BCUT2D eigenvalue weighted by molar-refractivity contribution is -0.137. The summed E-state index contributed by atoms with van der Waals surface area (Å²) in [6, 6.07) is 27.9. The average molecular weight is 963 g/mol. The summed E-state index contributed by atoms with van der Waals surface area (Å²) in [7, 11) is 0. The van der Waals surface area contributed by atoms with Crippen molar-refractivity contribution in [1.29, 1.82) is 0 Å². The van der Waals surface area contributed by atoms with Gasteiger partial charge in [-0.1, -0.05) is 78.3 Å². The molecule has 1 saturated heterocycles. The molecule has 3 amide bonds. The largest absolute Gasteiger partial charge is 0.448 e. The van der Waals surface area contributed by atoms with E-state index in [4.69, 9.17) is 32.5 Å². The summed E-state index contributed by atoms with van der Waals surface area (Å²) in [6.07, 6.45) is -9.67. The molecule has 0 saturated carbocycles. The van der Waals surface area contributed by atoms with Crippen LogP contribution < -0.4 is 32.7 Å². The lowest BCUT2D eigenvalue weighted by Gasteiger charge is -2.30. The third-order valence-electron chi connectivity index (χ3n) is 10.4. The van der Waals surface area contributed by atoms with Crippen molar-refractivity contribution in [2.75, 3.05) is 36.9 Å². The highest BCUT2D eigenvalue weighted by Gasteiger charge is 2.33. The topological polar surface area (TPSA) is 170 Å². The Morgan fingerprint density at radius 2 is 1.52 bits per heavy atom. The van der Waals surface area contributed by atoms with Gasteiger partial charge in [0.15, 0.2) is 0 Å². The summed E-state index contributed by atoms with van der Waals surface area (Å²) in [5, 5.41) is 11.3. The fourth-order valence-corrected chi connectivity index (χ4v) is 7.10. The van der Waals surface area contributed by atoms with Gasteiger partial charge >= 0.3 is 18.4 Å². The van der Waals surface area contributed by atoms with E-state index < -0.39 is 78.0 Å². The Balaban J connectivity index is 0.000000319. The molecular formula is C47H47ClF8N6O5. The van der Waals surface area contributed by atoms with Crippen molar-refractivity contribution in [2.24, 2.45) is 11.5 Å². The number of hydrogen-bond acceptors (Lipinski definition) is 8. The molecule has 1 aliphatic heterocycles. The fourth-order valence-electron chi connectivity index (χ4n) is 6.97. The van der Waals surface area contributed by atoms with Crippen LogP contribution in [0.1, 0.15) is 40.2 Å². The molecule has 0 aromatic heterocycles. The highest BCUT2D eigenvalue weighted by atomic mass is 35.5. The van der Waals surface area contributed by atoms with Gasteiger partial charge in [0.25, 0.3) is 0 Å². The number of primary amides is 1. The van der Waals surface area contributed by atoms with Crippen molar-refractivity contribution in [3.63, 3.8) is 0 Å². The molecule has 1 fully saturated rings. The number of alkyl carbamates (subject to hydrolysis) is 1. The number of alkyl halides is 6. The van der Waals surface area contributed by atoms with Crippen molar-refractivity contribution in [3.8, 4) is 0 Å². The lowest BCUT2D eigenvalue weighted by atomic mass is 9.84. The SMILES string of the molecule is NC(=O)[C@@H](N)[C@H](c1ccccc1)c1cccc(C(F)(F)F)c1.O=C(NCC(F)(F)F)OC[C@@H]1CO[C@H](CCc2c(F)cccc2N[C@@H](Cc2ccc(F)cc2)C(=O)Nc2ccc(Cl)cc2)CN1. The zero-order valence-corrected chi connectivity index (χ0v) is 36.2. The van der Waals surface area contributed by atoms with E-state index in [9.17, 15) is 45.1 Å². The van der Waals surface area contributed by atoms with Crippen LogP contribution in [0.25, 0.3) is 0 Å². The predicted octanol–water partition coefficient (Wildman–Crippen LogP) is 8.51. The van der Waals surface area contributed by atoms with Gasteiger partial charge in [-0.15, -0.1) is 0 Å². The molecule has 358 valence electrons. The van der Waals surface area contributed by atoms with Crippen LogP contribution in [0.3, 0.4) is 0 Å². The number of carbonyl (C=O) groups excluding carboxylic acids is 3. The van der Waals surface area contributed by atoms with Crippen molar-refractivity contribution in [2.45, 2.75) is 61.8 Å². The molecule has 5 aromatic carbocycles. The smallest absolute Gasteiger partial charge is 0.416 e. The Hall–Kier alpha value is -6.28. The van der Waals surface area contributed by atoms with Crippen molar-refractivity contribution >= 4 is 40.9 Å². The second-order valence-corrected chi connectivity index (χ2v) is 15.8. The number of carbonyl (C=O) groups is 3. The number of nitrogens with two attached hydrogens (primary N) is 2. The second-order valence-electron chi connectivity index (χ2n) is 15.4. The molecule has 1 aliphatic rings. The number of amides is 3. The third-order valence-corrected chi connectivity index (χ3v) is 10.6. The molecule has 67 heavy (non-hydrogen) atoms. The quantitative estimate of drug-likeness (QED) is 0.0535. The van der Waals surface area contributed by atoms with Crippen LogP contribution in [0.15, 0.2) is 121 Å². The van der Waals surface area contributed by atoms with E-state index in [1.807, 2.05) is 0 Å². The standard InChI is InChI=1S/C31H32ClF5N4O4.C16H15F3N2O/c32-20-6-10-22(11-7-20)40-29(42)28(14-19-4-8-21(33)9-5-19)41-27-3-1-2-26(34)25(27)13-12-24-15-38-23(16-44-24)17-45-30(43)39-18-31(35,36)37;17-16(18,19)12-8-4-7-11(9-12)13(14(20)15(21)22)10-5-2-1-3-6-10/h1-11,23-24,28,38,41H,12-18H2,(H,39,43)(H,40,42);1-9,13-14H,20H2,(H2,21,22)/t23-,24+,28-;13-,14+/m01/s1. The van der Waals surface area contributed by atoms with E-state index >= 15 is 4.39 Å². The molecule has 1 heterocycles. The van der Waals surface area contributed by atoms with Crippen LogP contribution in [0, 0.1) is 11.6 Å². The fraction of sp³-hybridized carbons (Fsp3) is 0.298. The van der Waals surface area contributed by atoms with E-state index in [0.717, 1.165) is 12.1 Å². The van der Waals surface area contributed by atoms with Crippen molar-refractivity contribution in [1.82, 2.24) is 10.6 Å². The van der Waals surface area contributed by atoms with Crippen LogP contribution in [0.5, 0.6) is 0 Å².